The van der Waals surface area contributed by atoms with Crippen LogP contribution in [-0.4, -0.2) is 25.9 Å². The van der Waals surface area contributed by atoms with E-state index in [1.165, 1.54) is 24.3 Å². The second-order valence-corrected chi connectivity index (χ2v) is 9.05. The highest BCUT2D eigenvalue weighted by molar-refractivity contribution is 9.10. The molecule has 148 valence electrons. The molecule has 0 aromatic heterocycles. The number of nitro benzene ring substituents is 1. The summed E-state index contributed by atoms with van der Waals surface area (Å²) in [5.74, 6) is -0.607. The highest BCUT2D eigenvalue weighted by atomic mass is 79.9. The monoisotopic (exact) mass is 524 g/mol. The Bertz CT molecular complexity index is 893. The number of anilines is 1. The maximum absolute atomic E-state index is 12.4. The van der Waals surface area contributed by atoms with Gasteiger partial charge in [0.05, 0.1) is 4.92 Å². The van der Waals surface area contributed by atoms with E-state index in [9.17, 15) is 14.9 Å². The van der Waals surface area contributed by atoms with Crippen molar-refractivity contribution in [3.05, 3.63) is 68.7 Å². The van der Waals surface area contributed by atoms with Crippen molar-refractivity contribution in [3.8, 4) is 0 Å². The number of nitrogens with one attached hydrogen (secondary N) is 3. The molecule has 12 heteroatoms. The number of thiocarbonyl (C=S) groups is 1. The predicted octanol–water partition coefficient (Wildman–Crippen LogP) is 4.77. The zero-order chi connectivity index (χ0) is 20.9. The SMILES string of the molecule is O=C(NC(NC(=S)Nc1cccc(Br)c1)C(Cl)(Cl)Cl)c1ccc([N+](=O)[O-])cc1. The molecule has 0 bridgehead atoms. The third-order valence-corrected chi connectivity index (χ3v) is 4.67. The molecule has 0 saturated heterocycles. The van der Waals surface area contributed by atoms with E-state index in [0.717, 1.165) is 4.47 Å². The van der Waals surface area contributed by atoms with Crippen LogP contribution in [0.3, 0.4) is 0 Å². The van der Waals surface area contributed by atoms with Crippen molar-refractivity contribution in [2.45, 2.75) is 9.96 Å². The number of halogens is 4. The fourth-order valence-electron chi connectivity index (χ4n) is 2.01. The van der Waals surface area contributed by atoms with E-state index >= 15 is 0 Å². The Hall–Kier alpha value is -1.65. The fraction of sp³-hybridized carbons (Fsp3) is 0.125. The van der Waals surface area contributed by atoms with E-state index in [-0.39, 0.29) is 16.4 Å². The number of hydrogen-bond acceptors (Lipinski definition) is 4. The first-order valence-corrected chi connectivity index (χ1v) is 9.85. The van der Waals surface area contributed by atoms with Gasteiger partial charge in [0.15, 0.2) is 5.11 Å². The molecular formula is C16H12BrCl3N4O3S. The second-order valence-electron chi connectivity index (χ2n) is 5.36. The molecule has 1 atom stereocenters. The van der Waals surface area contributed by atoms with Gasteiger partial charge in [0.2, 0.25) is 3.79 Å². The van der Waals surface area contributed by atoms with Gasteiger partial charge in [-0.3, -0.25) is 14.9 Å². The molecule has 3 N–H and O–H groups in total. The molecule has 2 aromatic rings. The van der Waals surface area contributed by atoms with Crippen LogP contribution in [0.4, 0.5) is 11.4 Å². The fourth-order valence-corrected chi connectivity index (χ4v) is 2.98. The van der Waals surface area contributed by atoms with E-state index in [1.54, 1.807) is 18.2 Å². The number of nitrogens with zero attached hydrogens (tertiary/aromatic N) is 1. The average Bonchev–Trinajstić information content (AvgIpc) is 2.60. The minimum absolute atomic E-state index is 0.110. The van der Waals surface area contributed by atoms with Crippen LogP contribution in [0.25, 0.3) is 0 Å². The Kier molecular flexibility index (Phi) is 7.85. The average molecular weight is 527 g/mol. The molecule has 0 aliphatic carbocycles. The van der Waals surface area contributed by atoms with Gasteiger partial charge in [-0.05, 0) is 42.5 Å². The Morgan fingerprint density at radius 2 is 1.79 bits per heavy atom. The Morgan fingerprint density at radius 3 is 2.32 bits per heavy atom. The van der Waals surface area contributed by atoms with Crippen LogP contribution in [0, 0.1) is 10.1 Å². The summed E-state index contributed by atoms with van der Waals surface area (Å²) in [6, 6.07) is 12.2. The number of alkyl halides is 3. The van der Waals surface area contributed by atoms with Crippen molar-refractivity contribution < 1.29 is 9.72 Å². The summed E-state index contributed by atoms with van der Waals surface area (Å²) < 4.78 is -1.09. The third kappa shape index (κ3) is 6.75. The summed E-state index contributed by atoms with van der Waals surface area (Å²) in [6.45, 7) is 0. The molecule has 0 radical (unpaired) electrons. The van der Waals surface area contributed by atoms with Crippen LogP contribution in [0.5, 0.6) is 0 Å². The molecule has 7 nitrogen and oxygen atoms in total. The molecule has 2 rings (SSSR count). The third-order valence-electron chi connectivity index (χ3n) is 3.30. The summed E-state index contributed by atoms with van der Waals surface area (Å²) in [7, 11) is 0. The molecule has 0 aliphatic heterocycles. The van der Waals surface area contributed by atoms with Gasteiger partial charge >= 0.3 is 0 Å². The Labute approximate surface area is 189 Å². The van der Waals surface area contributed by atoms with Crippen molar-refractivity contribution in [3.63, 3.8) is 0 Å². The van der Waals surface area contributed by atoms with Gasteiger partial charge in [0.1, 0.15) is 6.17 Å². The first kappa shape index (κ1) is 22.6. The molecule has 2 aromatic carbocycles. The largest absolute Gasteiger partial charge is 0.339 e. The molecule has 0 fully saturated rings. The van der Waals surface area contributed by atoms with Crippen LogP contribution >= 0.6 is 63.0 Å². The van der Waals surface area contributed by atoms with Crippen molar-refractivity contribution in [2.75, 3.05) is 5.32 Å². The maximum Gasteiger partial charge on any atom is 0.269 e. The van der Waals surface area contributed by atoms with Gasteiger partial charge < -0.3 is 16.0 Å². The minimum atomic E-state index is -1.93. The van der Waals surface area contributed by atoms with Gasteiger partial charge in [-0.15, -0.1) is 0 Å². The number of nitro groups is 1. The van der Waals surface area contributed by atoms with Gasteiger partial charge in [-0.1, -0.05) is 56.8 Å². The second kappa shape index (κ2) is 9.71. The van der Waals surface area contributed by atoms with E-state index in [2.05, 4.69) is 31.9 Å². The molecule has 0 aliphatic rings. The predicted molar refractivity (Wildman–Crippen MR) is 118 cm³/mol. The summed E-state index contributed by atoms with van der Waals surface area (Å²) in [5.41, 5.74) is 0.682. The van der Waals surface area contributed by atoms with Crippen molar-refractivity contribution >= 4 is 85.3 Å². The topological polar surface area (TPSA) is 96.3 Å². The smallest absolute Gasteiger partial charge is 0.269 e. The highest BCUT2D eigenvalue weighted by Crippen LogP contribution is 2.29. The lowest BCUT2D eigenvalue weighted by atomic mass is 10.2. The van der Waals surface area contributed by atoms with E-state index in [1.807, 2.05) is 6.07 Å². The molecule has 0 saturated carbocycles. The Balaban J connectivity index is 2.07. The molecule has 28 heavy (non-hydrogen) atoms. The number of hydrogen-bond donors (Lipinski definition) is 3. The summed E-state index contributed by atoms with van der Waals surface area (Å²) in [6.07, 6.45) is -1.17. The van der Waals surface area contributed by atoms with E-state index < -0.39 is 20.8 Å². The van der Waals surface area contributed by atoms with Crippen LogP contribution in [0.2, 0.25) is 0 Å². The van der Waals surface area contributed by atoms with Crippen molar-refractivity contribution in [1.82, 2.24) is 10.6 Å². The molecule has 1 amide bonds. The van der Waals surface area contributed by atoms with Crippen LogP contribution in [0.15, 0.2) is 53.0 Å². The normalized spacial score (nSPS) is 12.0. The summed E-state index contributed by atoms with van der Waals surface area (Å²) >= 11 is 26.4. The number of rotatable bonds is 5. The van der Waals surface area contributed by atoms with Crippen LogP contribution in [0.1, 0.15) is 10.4 Å². The quantitative estimate of drug-likeness (QED) is 0.171. The molecule has 0 heterocycles. The molecule has 1 unspecified atom stereocenters. The van der Waals surface area contributed by atoms with Crippen LogP contribution < -0.4 is 16.0 Å². The lowest BCUT2D eigenvalue weighted by Crippen LogP contribution is -2.56. The molecule has 0 spiro atoms. The number of non-ortho nitro benzene ring substituents is 1. The Morgan fingerprint density at radius 1 is 1.14 bits per heavy atom. The van der Waals surface area contributed by atoms with E-state index in [0.29, 0.717) is 5.69 Å². The van der Waals surface area contributed by atoms with E-state index in [4.69, 9.17) is 47.0 Å². The zero-order valence-corrected chi connectivity index (χ0v) is 18.5. The summed E-state index contributed by atoms with van der Waals surface area (Å²) in [5, 5.41) is 18.9. The summed E-state index contributed by atoms with van der Waals surface area (Å²) in [4.78, 5) is 22.5. The van der Waals surface area contributed by atoms with Gasteiger partial charge in [0, 0.05) is 27.9 Å². The minimum Gasteiger partial charge on any atom is -0.339 e. The van der Waals surface area contributed by atoms with Crippen molar-refractivity contribution in [2.24, 2.45) is 0 Å². The van der Waals surface area contributed by atoms with Gasteiger partial charge in [-0.25, -0.2) is 0 Å². The first-order chi connectivity index (χ1) is 13.1. The standard InChI is InChI=1S/C16H12BrCl3N4O3S/c17-10-2-1-3-11(8-10)21-15(28)23-14(16(18,19)20)22-13(25)9-4-6-12(7-5-9)24(26)27/h1-8,14H,(H,22,25)(H2,21,23,28). The lowest BCUT2D eigenvalue weighted by molar-refractivity contribution is -0.384. The lowest BCUT2D eigenvalue weighted by Gasteiger charge is -2.27. The van der Waals surface area contributed by atoms with Crippen molar-refractivity contribution in [1.29, 1.82) is 0 Å². The number of benzene rings is 2. The number of carbonyl (C=O) groups excluding carboxylic acids is 1. The number of amides is 1. The molecular weight excluding hydrogens is 515 g/mol. The zero-order valence-electron chi connectivity index (χ0n) is 13.8. The maximum atomic E-state index is 12.4. The van der Waals surface area contributed by atoms with Gasteiger partial charge in [0.25, 0.3) is 11.6 Å². The van der Waals surface area contributed by atoms with Crippen LogP contribution in [-0.2, 0) is 0 Å². The number of carbonyl (C=O) groups is 1. The van der Waals surface area contributed by atoms with Gasteiger partial charge in [-0.2, -0.15) is 0 Å². The highest BCUT2D eigenvalue weighted by Gasteiger charge is 2.35. The first-order valence-electron chi connectivity index (χ1n) is 7.51.